The normalized spacial score (nSPS) is 12.1. The highest BCUT2D eigenvalue weighted by Crippen LogP contribution is 2.40. The molecule has 36 heavy (non-hydrogen) atoms. The maximum Gasteiger partial charge on any atom is 0.180 e. The van der Waals surface area contributed by atoms with Gasteiger partial charge in [-0.3, -0.25) is 4.79 Å². The Kier molecular flexibility index (Phi) is 12.0. The zero-order valence-electron chi connectivity index (χ0n) is 22.0. The molecule has 0 fully saturated rings. The lowest BCUT2D eigenvalue weighted by Crippen LogP contribution is -2.14. The van der Waals surface area contributed by atoms with Crippen molar-refractivity contribution in [1.82, 2.24) is 4.98 Å². The van der Waals surface area contributed by atoms with Crippen LogP contribution >= 0.6 is 11.3 Å². The lowest BCUT2D eigenvalue weighted by Gasteiger charge is -2.17. The summed E-state index contributed by atoms with van der Waals surface area (Å²) in [5.41, 5.74) is 7.39. The topological polar surface area (TPSA) is 78.4 Å². The molecule has 0 radical (unpaired) electrons. The summed E-state index contributed by atoms with van der Waals surface area (Å²) in [7, 11) is 1.60. The number of nitrogens with two attached hydrogens (primary N) is 1. The number of benzene rings is 1. The first-order valence-corrected chi connectivity index (χ1v) is 14.4. The summed E-state index contributed by atoms with van der Waals surface area (Å²) in [4.78, 5) is 19.2. The summed E-state index contributed by atoms with van der Waals surface area (Å²) >= 11 is 1.39. The number of para-hydroxylation sites is 1. The number of methoxy groups -OCH3 is 1. The molecule has 2 aromatic heterocycles. The third kappa shape index (κ3) is 8.22. The van der Waals surface area contributed by atoms with Crippen LogP contribution in [0.3, 0.4) is 0 Å². The van der Waals surface area contributed by atoms with Gasteiger partial charge < -0.3 is 14.9 Å². The van der Waals surface area contributed by atoms with Crippen LogP contribution in [0.5, 0.6) is 5.75 Å². The van der Waals surface area contributed by atoms with E-state index in [1.54, 1.807) is 13.4 Å². The average Bonchev–Trinajstić information content (AvgIpc) is 3.56. The molecular weight excluding hydrogens is 468 g/mol. The number of hydrogen-bond donors (Lipinski definition) is 1. The maximum atomic E-state index is 13.8. The van der Waals surface area contributed by atoms with E-state index in [1.807, 2.05) is 36.4 Å². The predicted molar refractivity (Wildman–Crippen MR) is 150 cm³/mol. The number of ether oxygens (including phenoxy) is 1. The van der Waals surface area contributed by atoms with Gasteiger partial charge in [-0.2, -0.15) is 0 Å². The summed E-state index contributed by atoms with van der Waals surface area (Å²) in [6.45, 7) is 2.27. The van der Waals surface area contributed by atoms with E-state index in [9.17, 15) is 4.79 Å². The highest BCUT2D eigenvalue weighted by Gasteiger charge is 2.30. The van der Waals surface area contributed by atoms with Crippen molar-refractivity contribution in [2.24, 2.45) is 0 Å². The van der Waals surface area contributed by atoms with Crippen molar-refractivity contribution >= 4 is 22.3 Å². The highest BCUT2D eigenvalue weighted by molar-refractivity contribution is 7.16. The Morgan fingerprint density at radius 3 is 2.19 bits per heavy atom. The molecule has 0 bridgehead atoms. The molecule has 0 aliphatic carbocycles. The summed E-state index contributed by atoms with van der Waals surface area (Å²) < 4.78 is 11.1. The minimum atomic E-state index is -0.334. The number of aromatic nitrogens is 1. The van der Waals surface area contributed by atoms with Gasteiger partial charge in [0.05, 0.1) is 24.9 Å². The first-order valence-electron chi connectivity index (χ1n) is 13.6. The SMILES string of the molecule is CCCCCCCCCCCCCCC(C(=O)c1ccccc1OC)c1sc(N)nc1-c1ccco1. The summed E-state index contributed by atoms with van der Waals surface area (Å²) in [6, 6.07) is 11.1. The predicted octanol–water partition coefficient (Wildman–Crippen LogP) is 9.05. The number of nitrogen functional groups attached to an aromatic ring is 1. The Morgan fingerprint density at radius 2 is 1.58 bits per heavy atom. The number of nitrogens with zero attached hydrogens (tertiary/aromatic N) is 1. The molecule has 0 spiro atoms. The van der Waals surface area contributed by atoms with E-state index in [-0.39, 0.29) is 11.7 Å². The van der Waals surface area contributed by atoms with Gasteiger partial charge in [0, 0.05) is 4.88 Å². The van der Waals surface area contributed by atoms with E-state index >= 15 is 0 Å². The van der Waals surface area contributed by atoms with Crippen molar-refractivity contribution in [3.05, 3.63) is 53.1 Å². The Labute approximate surface area is 220 Å². The van der Waals surface area contributed by atoms with Crippen LogP contribution in [-0.2, 0) is 0 Å². The molecule has 5 nitrogen and oxygen atoms in total. The molecule has 0 aliphatic heterocycles. The van der Waals surface area contributed by atoms with E-state index in [2.05, 4.69) is 11.9 Å². The van der Waals surface area contributed by atoms with Gasteiger partial charge in [-0.25, -0.2) is 4.98 Å². The third-order valence-corrected chi connectivity index (χ3v) is 7.77. The zero-order chi connectivity index (χ0) is 25.6. The van der Waals surface area contributed by atoms with Crippen LogP contribution in [0.25, 0.3) is 11.5 Å². The molecule has 6 heteroatoms. The van der Waals surface area contributed by atoms with Crippen molar-refractivity contribution in [2.75, 3.05) is 12.8 Å². The number of anilines is 1. The first-order chi connectivity index (χ1) is 17.7. The fraction of sp³-hybridized carbons (Fsp3) is 0.533. The van der Waals surface area contributed by atoms with Gasteiger partial charge in [-0.1, -0.05) is 96.1 Å². The van der Waals surface area contributed by atoms with Crippen molar-refractivity contribution in [2.45, 2.75) is 96.3 Å². The van der Waals surface area contributed by atoms with Crippen LogP contribution in [0.15, 0.2) is 47.1 Å². The van der Waals surface area contributed by atoms with E-state index in [0.29, 0.717) is 27.9 Å². The smallest absolute Gasteiger partial charge is 0.180 e. The van der Waals surface area contributed by atoms with Crippen LogP contribution < -0.4 is 10.5 Å². The molecule has 0 saturated carbocycles. The highest BCUT2D eigenvalue weighted by atomic mass is 32.1. The number of carbonyl (C=O) groups is 1. The van der Waals surface area contributed by atoms with Gasteiger partial charge in [-0.15, -0.1) is 11.3 Å². The molecule has 1 aromatic carbocycles. The van der Waals surface area contributed by atoms with Crippen molar-refractivity contribution in [1.29, 1.82) is 0 Å². The van der Waals surface area contributed by atoms with E-state index in [1.165, 1.54) is 75.5 Å². The molecule has 1 unspecified atom stereocenters. The largest absolute Gasteiger partial charge is 0.496 e. The van der Waals surface area contributed by atoms with Gasteiger partial charge in [0.1, 0.15) is 11.4 Å². The summed E-state index contributed by atoms with van der Waals surface area (Å²) in [5, 5.41) is 0.448. The number of unbranched alkanes of at least 4 members (excludes halogenated alkanes) is 11. The Bertz CT molecular complexity index is 1030. The molecule has 1 atom stereocenters. The Morgan fingerprint density at radius 1 is 0.944 bits per heavy atom. The van der Waals surface area contributed by atoms with Crippen LogP contribution in [0, 0.1) is 0 Å². The van der Waals surface area contributed by atoms with Gasteiger partial charge >= 0.3 is 0 Å². The summed E-state index contributed by atoms with van der Waals surface area (Å²) in [5.74, 6) is 0.955. The quantitative estimate of drug-likeness (QED) is 0.136. The monoisotopic (exact) mass is 510 g/mol. The maximum absolute atomic E-state index is 13.8. The average molecular weight is 511 g/mol. The zero-order valence-corrected chi connectivity index (χ0v) is 22.8. The molecule has 196 valence electrons. The fourth-order valence-corrected chi connectivity index (χ4v) is 5.75. The molecule has 3 rings (SSSR count). The van der Waals surface area contributed by atoms with Gasteiger partial charge in [0.2, 0.25) is 0 Å². The van der Waals surface area contributed by atoms with E-state index in [0.717, 1.165) is 24.1 Å². The minimum Gasteiger partial charge on any atom is -0.496 e. The number of hydrogen-bond acceptors (Lipinski definition) is 6. The Hall–Kier alpha value is -2.60. The van der Waals surface area contributed by atoms with Crippen LogP contribution in [0.4, 0.5) is 5.13 Å². The number of ketones is 1. The lowest BCUT2D eigenvalue weighted by molar-refractivity contribution is 0.0952. The summed E-state index contributed by atoms with van der Waals surface area (Å²) in [6.07, 6.45) is 17.8. The fourth-order valence-electron chi connectivity index (χ4n) is 4.78. The molecule has 2 heterocycles. The number of rotatable bonds is 18. The molecule has 2 N–H and O–H groups in total. The third-order valence-electron chi connectivity index (χ3n) is 6.78. The number of carbonyl (C=O) groups excluding carboxylic acids is 1. The van der Waals surface area contributed by atoms with E-state index < -0.39 is 0 Å². The standard InChI is InChI=1S/C30H42N2O3S/c1-3-4-5-6-7-8-9-10-11-12-13-14-19-24(28(33)23-18-15-16-20-25(23)34-2)29-27(32-30(31)36-29)26-21-17-22-35-26/h15-18,20-22,24H,3-14,19H2,1-2H3,(H2,31,32). The lowest BCUT2D eigenvalue weighted by atomic mass is 9.89. The molecule has 0 saturated heterocycles. The Balaban J connectivity index is 1.59. The molecule has 3 aromatic rings. The van der Waals surface area contributed by atoms with Gasteiger partial charge in [0.15, 0.2) is 16.7 Å². The second-order valence-electron chi connectivity index (χ2n) is 9.54. The van der Waals surface area contributed by atoms with Crippen LogP contribution in [-0.4, -0.2) is 17.9 Å². The van der Waals surface area contributed by atoms with Gasteiger partial charge in [0.25, 0.3) is 0 Å². The van der Waals surface area contributed by atoms with Gasteiger partial charge in [-0.05, 0) is 30.7 Å². The van der Waals surface area contributed by atoms with Crippen LogP contribution in [0.1, 0.15) is 112 Å². The molecule has 0 aliphatic rings. The van der Waals surface area contributed by atoms with Crippen molar-refractivity contribution in [3.8, 4) is 17.2 Å². The number of Topliss-reactive ketones (excluding diaryl/α,β-unsaturated/α-hetero) is 1. The van der Waals surface area contributed by atoms with Crippen molar-refractivity contribution < 1.29 is 13.9 Å². The van der Waals surface area contributed by atoms with Crippen LogP contribution in [0.2, 0.25) is 0 Å². The first kappa shape index (κ1) is 28.0. The minimum absolute atomic E-state index is 0.0481. The molecule has 0 amide bonds. The molecular formula is C30H42N2O3S. The number of thiazole rings is 1. The second-order valence-corrected chi connectivity index (χ2v) is 10.6. The van der Waals surface area contributed by atoms with E-state index in [4.69, 9.17) is 14.9 Å². The number of furan rings is 1. The second kappa shape index (κ2) is 15.5. The van der Waals surface area contributed by atoms with Crippen molar-refractivity contribution in [3.63, 3.8) is 0 Å².